The molecule has 2 fully saturated rings. The number of fused-ring (bicyclic) bond motifs is 2. The molecular formula is C15H22ClN3. The van der Waals surface area contributed by atoms with E-state index in [1.165, 1.54) is 32.1 Å². The molecule has 0 saturated carbocycles. The molecule has 2 bridgehead atoms. The van der Waals surface area contributed by atoms with Crippen LogP contribution in [0.15, 0.2) is 18.2 Å². The highest BCUT2D eigenvalue weighted by atomic mass is 35.5. The Kier molecular flexibility index (Phi) is 3.59. The Hall–Kier alpha value is -0.930. The number of benzene rings is 1. The highest BCUT2D eigenvalue weighted by Crippen LogP contribution is 2.35. The Morgan fingerprint density at radius 2 is 1.95 bits per heavy atom. The lowest BCUT2D eigenvalue weighted by Crippen LogP contribution is -2.52. The zero-order valence-corrected chi connectivity index (χ0v) is 12.2. The maximum absolute atomic E-state index is 6.25. The lowest BCUT2D eigenvalue weighted by Gasteiger charge is -2.47. The van der Waals surface area contributed by atoms with Gasteiger partial charge in [-0.1, -0.05) is 18.0 Å². The predicted octanol–water partition coefficient (Wildman–Crippen LogP) is 3.35. The van der Waals surface area contributed by atoms with E-state index in [1.54, 1.807) is 0 Å². The first kappa shape index (κ1) is 13.1. The number of hydrogen-bond acceptors (Lipinski definition) is 3. The van der Waals surface area contributed by atoms with Gasteiger partial charge in [0, 0.05) is 23.8 Å². The zero-order chi connectivity index (χ0) is 13.4. The normalized spacial score (nSPS) is 31.2. The summed E-state index contributed by atoms with van der Waals surface area (Å²) in [6.45, 7) is 0. The van der Waals surface area contributed by atoms with Crippen molar-refractivity contribution in [1.82, 2.24) is 4.90 Å². The van der Waals surface area contributed by atoms with Crippen molar-refractivity contribution in [1.29, 1.82) is 0 Å². The molecule has 2 saturated heterocycles. The van der Waals surface area contributed by atoms with Gasteiger partial charge in [-0.25, -0.2) is 0 Å². The van der Waals surface area contributed by atoms with Crippen LogP contribution in [-0.4, -0.2) is 30.1 Å². The number of piperidine rings is 2. The third kappa shape index (κ3) is 2.67. The number of halogens is 1. The van der Waals surface area contributed by atoms with Gasteiger partial charge in [-0.3, -0.25) is 0 Å². The van der Waals surface area contributed by atoms with Crippen molar-refractivity contribution in [3.05, 3.63) is 23.2 Å². The quantitative estimate of drug-likeness (QED) is 0.816. The molecule has 1 aromatic rings. The minimum Gasteiger partial charge on any atom is -0.399 e. The van der Waals surface area contributed by atoms with Gasteiger partial charge in [-0.15, -0.1) is 0 Å². The number of nitrogen functional groups attached to an aromatic ring is 1. The van der Waals surface area contributed by atoms with Gasteiger partial charge < -0.3 is 16.0 Å². The SMILES string of the molecule is CN1C2CCCC1CC(Nc1ccc(N)cc1Cl)C2. The lowest BCUT2D eigenvalue weighted by molar-refractivity contribution is 0.0608. The average molecular weight is 280 g/mol. The number of nitrogens with one attached hydrogen (secondary N) is 1. The molecule has 2 aliphatic rings. The molecule has 3 N–H and O–H groups in total. The number of nitrogens with zero attached hydrogens (tertiary/aromatic N) is 1. The van der Waals surface area contributed by atoms with Crippen LogP contribution in [0.3, 0.4) is 0 Å². The van der Waals surface area contributed by atoms with E-state index in [2.05, 4.69) is 17.3 Å². The minimum absolute atomic E-state index is 0.535. The number of rotatable bonds is 2. The van der Waals surface area contributed by atoms with Gasteiger partial charge in [0.25, 0.3) is 0 Å². The van der Waals surface area contributed by atoms with Crippen LogP contribution in [0.2, 0.25) is 5.02 Å². The van der Waals surface area contributed by atoms with Crippen molar-refractivity contribution in [2.45, 2.75) is 50.2 Å². The monoisotopic (exact) mass is 279 g/mol. The molecule has 3 rings (SSSR count). The molecule has 1 aromatic carbocycles. The van der Waals surface area contributed by atoms with E-state index >= 15 is 0 Å². The van der Waals surface area contributed by atoms with E-state index in [-0.39, 0.29) is 0 Å². The molecule has 0 radical (unpaired) electrons. The summed E-state index contributed by atoms with van der Waals surface area (Å²) in [6.07, 6.45) is 6.48. The van der Waals surface area contributed by atoms with E-state index in [0.29, 0.717) is 6.04 Å². The van der Waals surface area contributed by atoms with Crippen molar-refractivity contribution < 1.29 is 0 Å². The van der Waals surface area contributed by atoms with Crippen LogP contribution in [0.4, 0.5) is 11.4 Å². The van der Waals surface area contributed by atoms with Crippen LogP contribution in [-0.2, 0) is 0 Å². The van der Waals surface area contributed by atoms with Gasteiger partial charge in [0.2, 0.25) is 0 Å². The molecule has 104 valence electrons. The van der Waals surface area contributed by atoms with Crippen molar-refractivity contribution in [2.24, 2.45) is 0 Å². The van der Waals surface area contributed by atoms with Crippen LogP contribution in [0.1, 0.15) is 32.1 Å². The van der Waals surface area contributed by atoms with E-state index in [9.17, 15) is 0 Å². The molecule has 3 nitrogen and oxygen atoms in total. The van der Waals surface area contributed by atoms with Crippen LogP contribution >= 0.6 is 11.6 Å². The van der Waals surface area contributed by atoms with Gasteiger partial charge in [0.1, 0.15) is 0 Å². The fourth-order valence-electron chi connectivity index (χ4n) is 3.60. The second kappa shape index (κ2) is 5.22. The molecule has 19 heavy (non-hydrogen) atoms. The number of hydrogen-bond donors (Lipinski definition) is 2. The molecule has 0 spiro atoms. The van der Waals surface area contributed by atoms with Gasteiger partial charge in [0.05, 0.1) is 10.7 Å². The smallest absolute Gasteiger partial charge is 0.0658 e. The summed E-state index contributed by atoms with van der Waals surface area (Å²) >= 11 is 6.25. The van der Waals surface area contributed by atoms with E-state index in [4.69, 9.17) is 17.3 Å². The van der Waals surface area contributed by atoms with Crippen LogP contribution in [0.25, 0.3) is 0 Å². The maximum atomic E-state index is 6.25. The standard InChI is InChI=1S/C15H22ClN3/c1-19-12-3-2-4-13(19)9-11(8-12)18-15-6-5-10(17)7-14(15)16/h5-7,11-13,18H,2-4,8-9,17H2,1H3. The Morgan fingerprint density at radius 3 is 2.58 bits per heavy atom. The first-order chi connectivity index (χ1) is 9.13. The van der Waals surface area contributed by atoms with Crippen molar-refractivity contribution in [3.63, 3.8) is 0 Å². The summed E-state index contributed by atoms with van der Waals surface area (Å²) in [5.41, 5.74) is 7.47. The third-order valence-corrected chi connectivity index (χ3v) is 5.01. The second-order valence-electron chi connectivity index (χ2n) is 5.96. The van der Waals surface area contributed by atoms with E-state index in [1.807, 2.05) is 18.2 Å². The van der Waals surface area contributed by atoms with Gasteiger partial charge in [-0.2, -0.15) is 0 Å². The number of nitrogens with two attached hydrogens (primary N) is 1. The Labute approximate surface area is 120 Å². The van der Waals surface area contributed by atoms with Gasteiger partial charge in [0.15, 0.2) is 0 Å². The molecule has 2 atom stereocenters. The molecular weight excluding hydrogens is 258 g/mol. The average Bonchev–Trinajstić information content (AvgIpc) is 2.34. The highest BCUT2D eigenvalue weighted by Gasteiger charge is 2.35. The Bertz CT molecular complexity index is 449. The fourth-order valence-corrected chi connectivity index (χ4v) is 3.85. The maximum Gasteiger partial charge on any atom is 0.0658 e. The van der Waals surface area contributed by atoms with E-state index in [0.717, 1.165) is 28.5 Å². The summed E-state index contributed by atoms with van der Waals surface area (Å²) in [5.74, 6) is 0. The summed E-state index contributed by atoms with van der Waals surface area (Å²) in [6, 6.07) is 7.72. The zero-order valence-electron chi connectivity index (χ0n) is 11.4. The van der Waals surface area contributed by atoms with Crippen molar-refractivity contribution in [3.8, 4) is 0 Å². The Balaban J connectivity index is 1.70. The third-order valence-electron chi connectivity index (χ3n) is 4.69. The number of anilines is 2. The molecule has 0 aromatic heterocycles. The molecule has 2 unspecified atom stereocenters. The lowest BCUT2D eigenvalue weighted by atomic mass is 9.82. The Morgan fingerprint density at radius 1 is 1.26 bits per heavy atom. The van der Waals surface area contributed by atoms with Gasteiger partial charge in [-0.05, 0) is 50.9 Å². The molecule has 0 amide bonds. The van der Waals surface area contributed by atoms with Crippen molar-refractivity contribution in [2.75, 3.05) is 18.1 Å². The van der Waals surface area contributed by atoms with Crippen LogP contribution in [0.5, 0.6) is 0 Å². The summed E-state index contributed by atoms with van der Waals surface area (Å²) in [5, 5.41) is 4.34. The summed E-state index contributed by atoms with van der Waals surface area (Å²) in [4.78, 5) is 2.58. The van der Waals surface area contributed by atoms with Crippen LogP contribution < -0.4 is 11.1 Å². The predicted molar refractivity (Wildman–Crippen MR) is 81.7 cm³/mol. The summed E-state index contributed by atoms with van der Waals surface area (Å²) in [7, 11) is 2.28. The fraction of sp³-hybridized carbons (Fsp3) is 0.600. The van der Waals surface area contributed by atoms with Crippen molar-refractivity contribution >= 4 is 23.0 Å². The largest absolute Gasteiger partial charge is 0.399 e. The molecule has 0 aliphatic carbocycles. The van der Waals surface area contributed by atoms with E-state index < -0.39 is 0 Å². The minimum atomic E-state index is 0.535. The van der Waals surface area contributed by atoms with Crippen LogP contribution in [0, 0.1) is 0 Å². The first-order valence-corrected chi connectivity index (χ1v) is 7.55. The molecule has 4 heteroatoms. The topological polar surface area (TPSA) is 41.3 Å². The molecule has 2 heterocycles. The molecule has 2 aliphatic heterocycles. The highest BCUT2D eigenvalue weighted by molar-refractivity contribution is 6.33. The second-order valence-corrected chi connectivity index (χ2v) is 6.36. The van der Waals surface area contributed by atoms with Gasteiger partial charge >= 0.3 is 0 Å². The first-order valence-electron chi connectivity index (χ1n) is 7.17. The summed E-state index contributed by atoms with van der Waals surface area (Å²) < 4.78 is 0.